The van der Waals surface area contributed by atoms with Crippen molar-refractivity contribution in [3.63, 3.8) is 0 Å². The minimum Gasteiger partial charge on any atom is -0.369 e. The van der Waals surface area contributed by atoms with Crippen LogP contribution >= 0.6 is 12.4 Å². The summed E-state index contributed by atoms with van der Waals surface area (Å²) in [5.74, 6) is -1.23. The van der Waals surface area contributed by atoms with Crippen molar-refractivity contribution in [3.8, 4) is 0 Å². The fourth-order valence-corrected chi connectivity index (χ4v) is 1.85. The van der Waals surface area contributed by atoms with Crippen molar-refractivity contribution >= 4 is 18.1 Å². The number of anilines is 1. The van der Waals surface area contributed by atoms with E-state index < -0.39 is 17.6 Å². The third-order valence-corrected chi connectivity index (χ3v) is 2.74. The molecule has 2 nitrogen and oxygen atoms in total. The van der Waals surface area contributed by atoms with Gasteiger partial charge in [-0.05, 0) is 18.2 Å². The summed E-state index contributed by atoms with van der Waals surface area (Å²) in [6, 6.07) is 3.14. The average Bonchev–Trinajstić information content (AvgIpc) is 2.29. The largest absolute Gasteiger partial charge is 0.419 e. The number of hydrogen-bond acceptors (Lipinski definition) is 2. The Kier molecular flexibility index (Phi) is 4.81. The minimum absolute atomic E-state index is 0. The summed E-state index contributed by atoms with van der Waals surface area (Å²) in [4.78, 5) is 1.81. The Hall–Kier alpha value is -1.01. The number of nitrogens with zero attached hydrogens (tertiary/aromatic N) is 1. The predicted molar refractivity (Wildman–Crippen MR) is 63.7 cm³/mol. The molecule has 1 heterocycles. The fourth-order valence-electron chi connectivity index (χ4n) is 1.85. The van der Waals surface area contributed by atoms with Gasteiger partial charge in [0.25, 0.3) is 0 Å². The maximum absolute atomic E-state index is 13.1. The van der Waals surface area contributed by atoms with Crippen LogP contribution in [0.5, 0.6) is 0 Å². The molecule has 1 aromatic rings. The molecule has 1 saturated heterocycles. The molecule has 0 aromatic heterocycles. The highest BCUT2D eigenvalue weighted by molar-refractivity contribution is 5.85. The monoisotopic (exact) mass is 284 g/mol. The van der Waals surface area contributed by atoms with E-state index in [1.165, 1.54) is 6.07 Å². The lowest BCUT2D eigenvalue weighted by atomic mass is 10.1. The van der Waals surface area contributed by atoms with E-state index in [9.17, 15) is 17.6 Å². The second kappa shape index (κ2) is 5.75. The number of piperazine rings is 1. The second-order valence-corrected chi connectivity index (χ2v) is 3.90. The van der Waals surface area contributed by atoms with Crippen LogP contribution in [0.3, 0.4) is 0 Å². The number of halogens is 5. The molecule has 0 atom stereocenters. The zero-order valence-electron chi connectivity index (χ0n) is 9.43. The van der Waals surface area contributed by atoms with Crippen LogP contribution in [0, 0.1) is 5.82 Å². The van der Waals surface area contributed by atoms with Crippen LogP contribution < -0.4 is 10.2 Å². The van der Waals surface area contributed by atoms with E-state index in [0.717, 1.165) is 25.2 Å². The lowest BCUT2D eigenvalue weighted by Gasteiger charge is -2.29. The molecule has 1 aliphatic rings. The summed E-state index contributed by atoms with van der Waals surface area (Å²) in [5.41, 5.74) is -0.784. The second-order valence-electron chi connectivity index (χ2n) is 3.90. The highest BCUT2D eigenvalue weighted by Gasteiger charge is 2.34. The standard InChI is InChI=1S/C11H12F4N2.ClH/c12-10-2-1-8(7-9(10)11(13,14)15)17-5-3-16-4-6-17;/h1-2,7,16H,3-6H2;1H. The Morgan fingerprint density at radius 3 is 2.28 bits per heavy atom. The molecule has 2 rings (SSSR count). The van der Waals surface area contributed by atoms with Crippen LogP contribution in [-0.4, -0.2) is 26.2 Å². The van der Waals surface area contributed by atoms with Crippen molar-refractivity contribution < 1.29 is 17.6 Å². The average molecular weight is 285 g/mol. The van der Waals surface area contributed by atoms with Gasteiger partial charge in [-0.25, -0.2) is 4.39 Å². The summed E-state index contributed by atoms with van der Waals surface area (Å²) in [6.45, 7) is 2.70. The van der Waals surface area contributed by atoms with Gasteiger partial charge in [-0.1, -0.05) is 0 Å². The molecule has 0 bridgehead atoms. The van der Waals surface area contributed by atoms with Gasteiger partial charge in [0.2, 0.25) is 0 Å². The molecular formula is C11H13ClF4N2. The first-order chi connectivity index (χ1) is 7.98. The smallest absolute Gasteiger partial charge is 0.369 e. The Labute approximate surface area is 108 Å². The van der Waals surface area contributed by atoms with E-state index >= 15 is 0 Å². The molecule has 102 valence electrons. The van der Waals surface area contributed by atoms with Crippen molar-refractivity contribution in [2.75, 3.05) is 31.1 Å². The molecule has 18 heavy (non-hydrogen) atoms. The fraction of sp³-hybridized carbons (Fsp3) is 0.455. The van der Waals surface area contributed by atoms with Crippen LogP contribution in [-0.2, 0) is 6.18 Å². The van der Waals surface area contributed by atoms with Gasteiger partial charge in [0.05, 0.1) is 5.56 Å². The number of rotatable bonds is 1. The number of hydrogen-bond donors (Lipinski definition) is 1. The van der Waals surface area contributed by atoms with E-state index in [-0.39, 0.29) is 12.4 Å². The van der Waals surface area contributed by atoms with Gasteiger partial charge in [-0.2, -0.15) is 13.2 Å². The normalized spacial score (nSPS) is 16.3. The molecule has 0 unspecified atom stereocenters. The lowest BCUT2D eigenvalue weighted by Crippen LogP contribution is -2.43. The van der Waals surface area contributed by atoms with Crippen molar-refractivity contribution in [2.24, 2.45) is 0 Å². The van der Waals surface area contributed by atoms with E-state index in [1.807, 2.05) is 4.90 Å². The third-order valence-electron chi connectivity index (χ3n) is 2.74. The minimum atomic E-state index is -4.64. The van der Waals surface area contributed by atoms with Gasteiger partial charge < -0.3 is 10.2 Å². The molecule has 7 heteroatoms. The summed E-state index contributed by atoms with van der Waals surface area (Å²) in [6.07, 6.45) is -4.64. The molecule has 0 spiro atoms. The first-order valence-electron chi connectivity index (χ1n) is 5.31. The van der Waals surface area contributed by atoms with Gasteiger partial charge in [0, 0.05) is 31.9 Å². The van der Waals surface area contributed by atoms with Crippen molar-refractivity contribution in [3.05, 3.63) is 29.6 Å². The molecule has 0 saturated carbocycles. The number of alkyl halides is 3. The Balaban J connectivity index is 0.00000162. The van der Waals surface area contributed by atoms with Crippen molar-refractivity contribution in [1.29, 1.82) is 0 Å². The Morgan fingerprint density at radius 2 is 1.72 bits per heavy atom. The van der Waals surface area contributed by atoms with Crippen molar-refractivity contribution in [2.45, 2.75) is 6.18 Å². The summed E-state index contributed by atoms with van der Waals surface area (Å²) >= 11 is 0. The number of benzene rings is 1. The van der Waals surface area contributed by atoms with Crippen LogP contribution in [0.2, 0.25) is 0 Å². The molecule has 1 aromatic carbocycles. The summed E-state index contributed by atoms with van der Waals surface area (Å²) in [7, 11) is 0. The Morgan fingerprint density at radius 1 is 1.11 bits per heavy atom. The van der Waals surface area contributed by atoms with Crippen molar-refractivity contribution in [1.82, 2.24) is 5.32 Å². The van der Waals surface area contributed by atoms with E-state index in [1.54, 1.807) is 0 Å². The zero-order valence-corrected chi connectivity index (χ0v) is 10.2. The molecule has 1 N–H and O–H groups in total. The van der Waals surface area contributed by atoms with Crippen LogP contribution in [0.25, 0.3) is 0 Å². The quantitative estimate of drug-likeness (QED) is 0.798. The van der Waals surface area contributed by atoms with Gasteiger partial charge in [0.1, 0.15) is 5.82 Å². The summed E-state index contributed by atoms with van der Waals surface area (Å²) in [5, 5.41) is 3.10. The predicted octanol–water partition coefficient (Wildman–Crippen LogP) is 2.68. The topological polar surface area (TPSA) is 15.3 Å². The van der Waals surface area contributed by atoms with Crippen LogP contribution in [0.1, 0.15) is 5.56 Å². The van der Waals surface area contributed by atoms with Gasteiger partial charge >= 0.3 is 6.18 Å². The summed E-state index contributed by atoms with van der Waals surface area (Å²) < 4.78 is 50.7. The Bertz CT molecular complexity index is 403. The molecule has 0 amide bonds. The first kappa shape index (κ1) is 15.0. The van der Waals surface area contributed by atoms with Gasteiger partial charge in [-0.15, -0.1) is 12.4 Å². The highest BCUT2D eigenvalue weighted by atomic mass is 35.5. The maximum Gasteiger partial charge on any atom is 0.419 e. The molecule has 1 fully saturated rings. The van der Waals surface area contributed by atoms with Crippen LogP contribution in [0.4, 0.5) is 23.2 Å². The molecule has 0 aliphatic carbocycles. The zero-order chi connectivity index (χ0) is 12.5. The van der Waals surface area contributed by atoms with Crippen LogP contribution in [0.15, 0.2) is 18.2 Å². The van der Waals surface area contributed by atoms with Gasteiger partial charge in [-0.3, -0.25) is 0 Å². The molecule has 0 radical (unpaired) electrons. The number of nitrogens with one attached hydrogen (secondary N) is 1. The lowest BCUT2D eigenvalue weighted by molar-refractivity contribution is -0.139. The first-order valence-corrected chi connectivity index (χ1v) is 5.31. The van der Waals surface area contributed by atoms with E-state index in [2.05, 4.69) is 5.32 Å². The van der Waals surface area contributed by atoms with E-state index in [4.69, 9.17) is 0 Å². The highest BCUT2D eigenvalue weighted by Crippen LogP contribution is 2.33. The molecular weight excluding hydrogens is 272 g/mol. The van der Waals surface area contributed by atoms with E-state index in [0.29, 0.717) is 18.8 Å². The van der Waals surface area contributed by atoms with Gasteiger partial charge in [0.15, 0.2) is 0 Å². The maximum atomic E-state index is 13.1. The third kappa shape index (κ3) is 3.26. The SMILES string of the molecule is Cl.Fc1ccc(N2CCNCC2)cc1C(F)(F)F. The molecule has 1 aliphatic heterocycles.